The first-order valence-electron chi connectivity index (χ1n) is 6.91. The van der Waals surface area contributed by atoms with Gasteiger partial charge in [-0.05, 0) is 24.3 Å². The van der Waals surface area contributed by atoms with Crippen LogP contribution in [-0.4, -0.2) is 15.9 Å². The molecule has 0 aliphatic carbocycles. The van der Waals surface area contributed by atoms with Gasteiger partial charge in [0.15, 0.2) is 5.69 Å². The number of rotatable bonds is 3. The fourth-order valence-electron chi connectivity index (χ4n) is 2.01. The summed E-state index contributed by atoms with van der Waals surface area (Å²) in [6, 6.07) is 10.8. The van der Waals surface area contributed by atoms with Gasteiger partial charge in [-0.3, -0.25) is 4.79 Å². The summed E-state index contributed by atoms with van der Waals surface area (Å²) in [5, 5.41) is 2.45. The number of alkyl halides is 3. The van der Waals surface area contributed by atoms with E-state index in [2.05, 4.69) is 15.3 Å². The molecule has 0 bridgehead atoms. The van der Waals surface area contributed by atoms with Gasteiger partial charge in [0.25, 0.3) is 5.91 Å². The van der Waals surface area contributed by atoms with E-state index < -0.39 is 23.5 Å². The fourth-order valence-corrected chi connectivity index (χ4v) is 2.12. The Hall–Kier alpha value is -2.87. The number of amides is 1. The number of hydrogen-bond donors (Lipinski definition) is 1. The second kappa shape index (κ2) is 6.56. The molecule has 0 aliphatic heterocycles. The van der Waals surface area contributed by atoms with Crippen molar-refractivity contribution in [3.05, 3.63) is 65.3 Å². The smallest absolute Gasteiger partial charge is 0.430 e. The van der Waals surface area contributed by atoms with Crippen molar-refractivity contribution < 1.29 is 22.4 Å². The topological polar surface area (TPSA) is 68.0 Å². The molecule has 3 rings (SSSR count). The highest BCUT2D eigenvalue weighted by Gasteiger charge is 2.41. The summed E-state index contributed by atoms with van der Waals surface area (Å²) in [6.07, 6.45) is -3.64. The van der Waals surface area contributed by atoms with Gasteiger partial charge in [0, 0.05) is 5.56 Å². The van der Waals surface area contributed by atoms with Gasteiger partial charge in [-0.25, -0.2) is 9.97 Å². The summed E-state index contributed by atoms with van der Waals surface area (Å²) < 4.78 is 44.7. The van der Waals surface area contributed by atoms with E-state index in [1.54, 1.807) is 18.2 Å². The highest BCUT2D eigenvalue weighted by Crippen LogP contribution is 2.34. The van der Waals surface area contributed by atoms with E-state index in [1.807, 2.05) is 0 Å². The first-order chi connectivity index (χ1) is 11.8. The Morgan fingerprint density at radius 3 is 2.44 bits per heavy atom. The molecule has 1 aromatic carbocycles. The van der Waals surface area contributed by atoms with E-state index in [-0.39, 0.29) is 16.7 Å². The molecule has 128 valence electrons. The Balaban J connectivity index is 1.97. The van der Waals surface area contributed by atoms with Gasteiger partial charge in [0.05, 0.1) is 11.9 Å². The molecule has 2 heterocycles. The zero-order valence-corrected chi connectivity index (χ0v) is 13.1. The van der Waals surface area contributed by atoms with Gasteiger partial charge in [0.2, 0.25) is 11.7 Å². The predicted octanol–water partition coefficient (Wildman–Crippen LogP) is 4.66. The lowest BCUT2D eigenvalue weighted by Gasteiger charge is -2.06. The molecule has 0 fully saturated rings. The average molecular weight is 368 g/mol. The summed E-state index contributed by atoms with van der Waals surface area (Å²) in [5.41, 5.74) is -0.911. The van der Waals surface area contributed by atoms with E-state index in [4.69, 9.17) is 16.0 Å². The zero-order valence-electron chi connectivity index (χ0n) is 12.3. The molecule has 0 atom stereocenters. The Bertz CT molecular complexity index is 893. The highest BCUT2D eigenvalue weighted by molar-refractivity contribution is 6.29. The van der Waals surface area contributed by atoms with Crippen molar-refractivity contribution in [1.82, 2.24) is 9.97 Å². The minimum Gasteiger partial charge on any atom is -0.430 e. The Morgan fingerprint density at radius 1 is 1.12 bits per heavy atom. The maximum absolute atomic E-state index is 13.2. The minimum atomic E-state index is -4.85. The molecule has 5 nitrogen and oxygen atoms in total. The molecule has 0 radical (unpaired) electrons. The average Bonchev–Trinajstić information content (AvgIpc) is 3.04. The molecule has 2 aromatic heterocycles. The number of carbonyl (C=O) groups is 1. The molecule has 9 heteroatoms. The minimum absolute atomic E-state index is 0.167. The third kappa shape index (κ3) is 3.80. The van der Waals surface area contributed by atoms with E-state index >= 15 is 0 Å². The third-order valence-electron chi connectivity index (χ3n) is 3.11. The van der Waals surface area contributed by atoms with Gasteiger partial charge in [0.1, 0.15) is 5.15 Å². The van der Waals surface area contributed by atoms with Gasteiger partial charge in [-0.1, -0.05) is 29.8 Å². The number of aromatic nitrogens is 2. The molecule has 25 heavy (non-hydrogen) atoms. The first-order valence-corrected chi connectivity index (χ1v) is 7.29. The van der Waals surface area contributed by atoms with Crippen LogP contribution in [0.4, 0.5) is 18.9 Å². The van der Waals surface area contributed by atoms with Crippen molar-refractivity contribution in [2.45, 2.75) is 6.18 Å². The number of anilines is 1. The quantitative estimate of drug-likeness (QED) is 0.683. The summed E-state index contributed by atoms with van der Waals surface area (Å²) in [6.45, 7) is 0. The van der Waals surface area contributed by atoms with Crippen LogP contribution in [0, 0.1) is 0 Å². The molecular weight excluding hydrogens is 359 g/mol. The molecule has 0 saturated carbocycles. The number of halogens is 4. The lowest BCUT2D eigenvalue weighted by atomic mass is 10.2. The fraction of sp³-hybridized carbons (Fsp3) is 0.0625. The number of nitrogens with zero attached hydrogens (tertiary/aromatic N) is 2. The van der Waals surface area contributed by atoms with Crippen molar-refractivity contribution in [3.63, 3.8) is 0 Å². The van der Waals surface area contributed by atoms with Crippen LogP contribution in [0.3, 0.4) is 0 Å². The van der Waals surface area contributed by atoms with Crippen molar-refractivity contribution in [2.24, 2.45) is 0 Å². The standard InChI is InChI=1S/C16H9ClF3N3O2/c17-11-7-6-10(8-21-11)22-14(24)12-13(16(18,19)20)23-15(25-12)9-4-2-1-3-5-9/h1-8H,(H,22,24). The predicted molar refractivity (Wildman–Crippen MR) is 84.1 cm³/mol. The molecule has 0 aliphatic rings. The number of pyridine rings is 1. The maximum Gasteiger partial charge on any atom is 0.437 e. The van der Waals surface area contributed by atoms with E-state index in [0.717, 1.165) is 0 Å². The van der Waals surface area contributed by atoms with Crippen LogP contribution in [0.2, 0.25) is 5.15 Å². The lowest BCUT2D eigenvalue weighted by molar-refractivity contribution is -0.141. The molecule has 0 spiro atoms. The van der Waals surface area contributed by atoms with Crippen LogP contribution in [0.25, 0.3) is 11.5 Å². The van der Waals surface area contributed by atoms with Gasteiger partial charge in [-0.2, -0.15) is 13.2 Å². The van der Waals surface area contributed by atoms with Crippen LogP contribution in [0.5, 0.6) is 0 Å². The number of hydrogen-bond acceptors (Lipinski definition) is 4. The Kier molecular flexibility index (Phi) is 4.45. The molecule has 1 N–H and O–H groups in total. The number of nitrogens with one attached hydrogen (secondary N) is 1. The highest BCUT2D eigenvalue weighted by atomic mass is 35.5. The molecule has 3 aromatic rings. The summed E-state index contributed by atoms with van der Waals surface area (Å²) in [4.78, 5) is 19.4. The van der Waals surface area contributed by atoms with Crippen molar-refractivity contribution in [2.75, 3.05) is 5.32 Å². The van der Waals surface area contributed by atoms with Crippen molar-refractivity contribution in [3.8, 4) is 11.5 Å². The largest absolute Gasteiger partial charge is 0.437 e. The van der Waals surface area contributed by atoms with Crippen LogP contribution < -0.4 is 5.32 Å². The summed E-state index contributed by atoms with van der Waals surface area (Å²) in [5.74, 6) is -2.32. The zero-order chi connectivity index (χ0) is 18.0. The number of oxazole rings is 1. The Labute approximate surface area is 144 Å². The van der Waals surface area contributed by atoms with Crippen LogP contribution in [0.1, 0.15) is 16.2 Å². The molecule has 0 unspecified atom stereocenters. The maximum atomic E-state index is 13.2. The monoisotopic (exact) mass is 367 g/mol. The van der Waals surface area contributed by atoms with E-state index in [0.29, 0.717) is 5.56 Å². The molecule has 1 amide bonds. The number of carbonyl (C=O) groups excluding carboxylic acids is 1. The number of benzene rings is 1. The normalized spacial score (nSPS) is 11.4. The van der Waals surface area contributed by atoms with Crippen LogP contribution >= 0.6 is 11.6 Å². The summed E-state index contributed by atoms with van der Waals surface area (Å²) in [7, 11) is 0. The van der Waals surface area contributed by atoms with Gasteiger partial charge >= 0.3 is 6.18 Å². The second-order valence-electron chi connectivity index (χ2n) is 4.88. The third-order valence-corrected chi connectivity index (χ3v) is 3.33. The molecule has 0 saturated heterocycles. The second-order valence-corrected chi connectivity index (χ2v) is 5.27. The van der Waals surface area contributed by atoms with E-state index in [1.165, 1.54) is 30.5 Å². The van der Waals surface area contributed by atoms with Gasteiger partial charge < -0.3 is 9.73 Å². The van der Waals surface area contributed by atoms with Crippen molar-refractivity contribution >= 4 is 23.2 Å². The Morgan fingerprint density at radius 2 is 1.84 bits per heavy atom. The lowest BCUT2D eigenvalue weighted by Crippen LogP contribution is -2.17. The van der Waals surface area contributed by atoms with Gasteiger partial charge in [-0.15, -0.1) is 0 Å². The van der Waals surface area contributed by atoms with Crippen LogP contribution in [0.15, 0.2) is 53.1 Å². The first kappa shape index (κ1) is 17.0. The summed E-state index contributed by atoms with van der Waals surface area (Å²) >= 11 is 5.62. The van der Waals surface area contributed by atoms with Crippen molar-refractivity contribution in [1.29, 1.82) is 0 Å². The SMILES string of the molecule is O=C(Nc1ccc(Cl)nc1)c1oc(-c2ccccc2)nc1C(F)(F)F. The van der Waals surface area contributed by atoms with E-state index in [9.17, 15) is 18.0 Å². The van der Waals surface area contributed by atoms with Crippen LogP contribution in [-0.2, 0) is 6.18 Å². The molecular formula is C16H9ClF3N3O2.